The molecule has 3 nitrogen and oxygen atoms in total. The first-order chi connectivity index (χ1) is 11.2. The highest BCUT2D eigenvalue weighted by Gasteiger charge is 1.99. The molecule has 0 atom stereocenters. The van der Waals surface area contributed by atoms with Crippen molar-refractivity contribution in [2.45, 2.75) is 19.9 Å². The first kappa shape index (κ1) is 17.1. The molecular formula is C20H26N2O. The summed E-state index contributed by atoms with van der Waals surface area (Å²) in [5, 5.41) is 6.36. The molecule has 23 heavy (non-hydrogen) atoms. The number of aryl methyl sites for hydroxylation is 1. The minimum atomic E-state index is 0.699. The second kappa shape index (κ2) is 9.01. The minimum Gasteiger partial charge on any atom is -0.493 e. The van der Waals surface area contributed by atoms with Crippen LogP contribution in [0.15, 0.2) is 60.8 Å². The van der Waals surface area contributed by atoms with Gasteiger partial charge in [0.25, 0.3) is 0 Å². The molecule has 0 amide bonds. The van der Waals surface area contributed by atoms with Gasteiger partial charge in [-0.2, -0.15) is 0 Å². The number of likely N-dealkylation sites (N-methyl/N-ethyl adjacent to an activating group) is 1. The van der Waals surface area contributed by atoms with Crippen LogP contribution in [0.4, 0.5) is 0 Å². The van der Waals surface area contributed by atoms with Crippen LogP contribution < -0.4 is 15.4 Å². The first-order valence-corrected chi connectivity index (χ1v) is 8.01. The Balaban J connectivity index is 1.74. The maximum absolute atomic E-state index is 5.84. The molecule has 0 spiro atoms. The highest BCUT2D eigenvalue weighted by Crippen LogP contribution is 2.14. The molecular weight excluding hydrogens is 284 g/mol. The lowest BCUT2D eigenvalue weighted by molar-refractivity contribution is 0.321. The quantitative estimate of drug-likeness (QED) is 0.744. The van der Waals surface area contributed by atoms with E-state index in [1.807, 2.05) is 19.2 Å². The van der Waals surface area contributed by atoms with Crippen molar-refractivity contribution in [3.05, 3.63) is 77.5 Å². The van der Waals surface area contributed by atoms with Crippen molar-refractivity contribution in [2.75, 3.05) is 20.2 Å². The van der Waals surface area contributed by atoms with Crippen LogP contribution in [0.3, 0.4) is 0 Å². The molecule has 0 aliphatic heterocycles. The summed E-state index contributed by atoms with van der Waals surface area (Å²) >= 11 is 0. The zero-order chi connectivity index (χ0) is 16.5. The van der Waals surface area contributed by atoms with Crippen molar-refractivity contribution in [1.82, 2.24) is 10.6 Å². The summed E-state index contributed by atoms with van der Waals surface area (Å²) in [4.78, 5) is 0. The van der Waals surface area contributed by atoms with E-state index in [1.54, 1.807) is 0 Å². The minimum absolute atomic E-state index is 0.699. The molecule has 0 unspecified atom stereocenters. The van der Waals surface area contributed by atoms with Crippen molar-refractivity contribution in [3.8, 4) is 5.75 Å². The Kier molecular flexibility index (Phi) is 6.70. The van der Waals surface area contributed by atoms with Gasteiger partial charge in [-0.15, -0.1) is 0 Å². The summed E-state index contributed by atoms with van der Waals surface area (Å²) in [6.45, 7) is 8.32. The highest BCUT2D eigenvalue weighted by molar-refractivity contribution is 5.28. The van der Waals surface area contributed by atoms with Gasteiger partial charge in [-0.3, -0.25) is 0 Å². The Labute approximate surface area is 139 Å². The van der Waals surface area contributed by atoms with Crippen LogP contribution in [-0.2, 0) is 13.0 Å². The van der Waals surface area contributed by atoms with E-state index in [-0.39, 0.29) is 0 Å². The van der Waals surface area contributed by atoms with Crippen molar-refractivity contribution >= 4 is 0 Å². The highest BCUT2D eigenvalue weighted by atomic mass is 16.5. The zero-order valence-corrected chi connectivity index (χ0v) is 14.1. The predicted molar refractivity (Wildman–Crippen MR) is 96.7 cm³/mol. The molecule has 0 bridgehead atoms. The van der Waals surface area contributed by atoms with Gasteiger partial charge >= 0.3 is 0 Å². The third kappa shape index (κ3) is 5.80. The third-order valence-corrected chi connectivity index (χ3v) is 3.85. The fourth-order valence-corrected chi connectivity index (χ4v) is 2.32. The predicted octanol–water partition coefficient (Wildman–Crippen LogP) is 3.44. The van der Waals surface area contributed by atoms with Crippen LogP contribution >= 0.6 is 0 Å². The van der Waals surface area contributed by atoms with Gasteiger partial charge in [0, 0.05) is 32.3 Å². The Morgan fingerprint density at radius 1 is 1.09 bits per heavy atom. The first-order valence-electron chi connectivity index (χ1n) is 8.01. The average molecular weight is 310 g/mol. The van der Waals surface area contributed by atoms with Gasteiger partial charge in [-0.25, -0.2) is 0 Å². The Morgan fingerprint density at radius 3 is 2.52 bits per heavy atom. The van der Waals surface area contributed by atoms with Gasteiger partial charge in [-0.05, 0) is 35.7 Å². The lowest BCUT2D eigenvalue weighted by Gasteiger charge is -2.10. The maximum Gasteiger partial charge on any atom is 0.119 e. The van der Waals surface area contributed by atoms with E-state index in [2.05, 4.69) is 60.5 Å². The summed E-state index contributed by atoms with van der Waals surface area (Å²) in [6, 6.07) is 16.7. The van der Waals surface area contributed by atoms with Gasteiger partial charge in [0.1, 0.15) is 5.75 Å². The van der Waals surface area contributed by atoms with Crippen LogP contribution in [0.5, 0.6) is 5.75 Å². The van der Waals surface area contributed by atoms with Gasteiger partial charge < -0.3 is 15.4 Å². The van der Waals surface area contributed by atoms with Crippen molar-refractivity contribution < 1.29 is 4.74 Å². The van der Waals surface area contributed by atoms with Crippen molar-refractivity contribution in [1.29, 1.82) is 0 Å². The van der Waals surface area contributed by atoms with Crippen LogP contribution in [0, 0.1) is 6.92 Å². The fraction of sp³-hybridized carbons (Fsp3) is 0.300. The van der Waals surface area contributed by atoms with Crippen LogP contribution in [0.2, 0.25) is 0 Å². The van der Waals surface area contributed by atoms with Crippen LogP contribution in [0.1, 0.15) is 16.7 Å². The summed E-state index contributed by atoms with van der Waals surface area (Å²) in [7, 11) is 1.88. The molecule has 122 valence electrons. The second-order valence-electron chi connectivity index (χ2n) is 5.63. The van der Waals surface area contributed by atoms with E-state index >= 15 is 0 Å². The SMILES string of the molecule is C=C(CNCc1ccc(OCCc2ccccc2C)cc1)NC. The van der Waals surface area contributed by atoms with Crippen LogP contribution in [-0.4, -0.2) is 20.2 Å². The summed E-state index contributed by atoms with van der Waals surface area (Å²) in [5.74, 6) is 0.918. The van der Waals surface area contributed by atoms with E-state index in [0.717, 1.165) is 31.0 Å². The molecule has 0 fully saturated rings. The lowest BCUT2D eigenvalue weighted by atomic mass is 10.1. The summed E-state index contributed by atoms with van der Waals surface area (Å²) < 4.78 is 5.84. The molecule has 0 aliphatic carbocycles. The van der Waals surface area contributed by atoms with Gasteiger partial charge in [0.2, 0.25) is 0 Å². The van der Waals surface area contributed by atoms with Crippen molar-refractivity contribution in [2.24, 2.45) is 0 Å². The number of ether oxygens (including phenoxy) is 1. The molecule has 3 heteroatoms. The second-order valence-corrected chi connectivity index (χ2v) is 5.63. The molecule has 0 radical (unpaired) electrons. The Bertz CT molecular complexity index is 620. The largest absolute Gasteiger partial charge is 0.493 e. The summed E-state index contributed by atoms with van der Waals surface area (Å²) in [6.07, 6.45) is 0.933. The smallest absolute Gasteiger partial charge is 0.119 e. The van der Waals surface area contributed by atoms with E-state index < -0.39 is 0 Å². The molecule has 0 aromatic heterocycles. The Hall–Kier alpha value is -2.26. The monoisotopic (exact) mass is 310 g/mol. The number of hydrogen-bond donors (Lipinski definition) is 2. The molecule has 2 N–H and O–H groups in total. The van der Waals surface area contributed by atoms with Gasteiger partial charge in [0.05, 0.1) is 6.61 Å². The Morgan fingerprint density at radius 2 is 1.83 bits per heavy atom. The average Bonchev–Trinajstić information content (AvgIpc) is 2.58. The molecule has 2 aromatic carbocycles. The van der Waals surface area contributed by atoms with E-state index in [4.69, 9.17) is 4.74 Å². The zero-order valence-electron chi connectivity index (χ0n) is 14.1. The van der Waals surface area contributed by atoms with Crippen molar-refractivity contribution in [3.63, 3.8) is 0 Å². The van der Waals surface area contributed by atoms with E-state index in [9.17, 15) is 0 Å². The standard InChI is InChI=1S/C20H26N2O/c1-16-6-4-5-7-19(16)12-13-23-20-10-8-18(9-11-20)15-22-14-17(2)21-3/h4-11,21-22H,2,12-15H2,1,3H3. The molecule has 0 aliphatic rings. The number of benzene rings is 2. The molecule has 0 saturated heterocycles. The number of rotatable bonds is 9. The van der Waals surface area contributed by atoms with E-state index in [0.29, 0.717) is 6.61 Å². The number of nitrogens with one attached hydrogen (secondary N) is 2. The molecule has 0 saturated carbocycles. The van der Waals surface area contributed by atoms with Crippen LogP contribution in [0.25, 0.3) is 0 Å². The third-order valence-electron chi connectivity index (χ3n) is 3.85. The normalized spacial score (nSPS) is 10.3. The topological polar surface area (TPSA) is 33.3 Å². The van der Waals surface area contributed by atoms with Gasteiger partial charge in [0.15, 0.2) is 0 Å². The number of hydrogen-bond acceptors (Lipinski definition) is 3. The maximum atomic E-state index is 5.84. The lowest BCUT2D eigenvalue weighted by Crippen LogP contribution is -2.21. The summed E-state index contributed by atoms with van der Waals surface area (Å²) in [5.41, 5.74) is 4.89. The van der Waals surface area contributed by atoms with E-state index in [1.165, 1.54) is 16.7 Å². The molecule has 2 aromatic rings. The van der Waals surface area contributed by atoms with Gasteiger partial charge in [-0.1, -0.05) is 43.0 Å². The fourth-order valence-electron chi connectivity index (χ4n) is 2.32. The molecule has 2 rings (SSSR count). The molecule has 0 heterocycles.